The van der Waals surface area contributed by atoms with Gasteiger partial charge in [-0.15, -0.1) is 3.89 Å². The van der Waals surface area contributed by atoms with E-state index in [0.29, 0.717) is 6.26 Å². The molecule has 0 fully saturated rings. The van der Waals surface area contributed by atoms with Crippen molar-refractivity contribution in [1.82, 2.24) is 0 Å². The zero-order valence-corrected chi connectivity index (χ0v) is 6.18. The average molecular weight is 188 g/mol. The third-order valence-corrected chi connectivity index (χ3v) is 1.30. The lowest BCUT2D eigenvalue weighted by molar-refractivity contribution is -0.0651. The lowest BCUT2D eigenvalue weighted by Crippen LogP contribution is -2.04. The summed E-state index contributed by atoms with van der Waals surface area (Å²) in [6.45, 7) is -0.376. The van der Waals surface area contributed by atoms with Gasteiger partial charge in [-0.25, -0.2) is 0 Å². The molecule has 0 aliphatic rings. The predicted octanol–water partition coefficient (Wildman–Crippen LogP) is 0.675. The smallest absolute Gasteiger partial charge is 0.305 e. The molecular formula is C4H6F2O4S. The van der Waals surface area contributed by atoms with Crippen molar-refractivity contribution in [3.8, 4) is 0 Å². The maximum Gasteiger partial charge on any atom is 0.305 e. The van der Waals surface area contributed by atoms with Crippen LogP contribution in [-0.2, 0) is 19.9 Å². The van der Waals surface area contributed by atoms with Crippen LogP contribution >= 0.6 is 0 Å². The minimum absolute atomic E-state index is 0.376. The molecule has 0 bridgehead atoms. The maximum absolute atomic E-state index is 11.7. The van der Waals surface area contributed by atoms with E-state index in [4.69, 9.17) is 0 Å². The van der Waals surface area contributed by atoms with Gasteiger partial charge in [0, 0.05) is 4.53 Å². The van der Waals surface area contributed by atoms with Gasteiger partial charge in [0.2, 0.25) is 0 Å². The first-order valence-electron chi connectivity index (χ1n) is 2.52. The second kappa shape index (κ2) is 4.89. The Hall–Kier alpha value is -0.850. The number of halogens is 2. The third-order valence-electron chi connectivity index (χ3n) is 0.648. The fourth-order valence-electron chi connectivity index (χ4n) is 0.276. The van der Waals surface area contributed by atoms with E-state index in [1.54, 1.807) is 0 Å². The van der Waals surface area contributed by atoms with Gasteiger partial charge in [-0.05, 0) is 0 Å². The van der Waals surface area contributed by atoms with Gasteiger partial charge in [0.15, 0.2) is 6.26 Å². The Morgan fingerprint density at radius 2 is 2.00 bits per heavy atom. The third kappa shape index (κ3) is 9.15. The minimum atomic E-state index is -4.50. The molecule has 0 aliphatic heterocycles. The second-order valence-electron chi connectivity index (χ2n) is 1.48. The van der Waals surface area contributed by atoms with Crippen molar-refractivity contribution in [2.75, 3.05) is 12.4 Å². The van der Waals surface area contributed by atoms with E-state index < -0.39 is 16.0 Å². The van der Waals surface area contributed by atoms with Gasteiger partial charge < -0.3 is 4.74 Å². The molecule has 7 heteroatoms. The van der Waals surface area contributed by atoms with Crippen molar-refractivity contribution >= 4 is 10.2 Å². The molecule has 4 nitrogen and oxygen atoms in total. The molecule has 0 heterocycles. The van der Waals surface area contributed by atoms with Crippen LogP contribution in [0.25, 0.3) is 0 Å². The van der Waals surface area contributed by atoms with Crippen molar-refractivity contribution in [3.05, 3.63) is 12.5 Å². The zero-order valence-electron chi connectivity index (χ0n) is 5.37. The number of rotatable bonds is 5. The zero-order chi connectivity index (χ0) is 8.74. The van der Waals surface area contributed by atoms with E-state index in [1.165, 1.54) is 0 Å². The fraction of sp³-hybridized carbons (Fsp3) is 0.500. The van der Waals surface area contributed by atoms with Gasteiger partial charge in [-0.3, -0.25) is 4.94 Å². The van der Waals surface area contributed by atoms with Crippen LogP contribution in [0.15, 0.2) is 12.5 Å². The van der Waals surface area contributed by atoms with Crippen molar-refractivity contribution < 1.29 is 26.5 Å². The van der Waals surface area contributed by atoms with Crippen LogP contribution in [0.4, 0.5) is 8.41 Å². The molecule has 11 heavy (non-hydrogen) atoms. The summed E-state index contributed by atoms with van der Waals surface area (Å²) in [5.41, 5.74) is 0. The number of ether oxygens (including phenoxy) is 1. The highest BCUT2D eigenvalue weighted by molar-refractivity contribution is 7.86. The largest absolute Gasteiger partial charge is 0.497 e. The summed E-state index contributed by atoms with van der Waals surface area (Å²) in [7, 11) is -4.50. The SMILES string of the molecule is O=S(=O)(F)CCOC=COF. The Balaban J connectivity index is 3.36. The molecule has 0 aromatic rings. The summed E-state index contributed by atoms with van der Waals surface area (Å²) < 4.78 is 46.3. The molecule has 0 aromatic carbocycles. The summed E-state index contributed by atoms with van der Waals surface area (Å²) in [5.74, 6) is -0.760. The van der Waals surface area contributed by atoms with E-state index in [1.807, 2.05) is 0 Å². The first-order chi connectivity index (χ1) is 5.06. The van der Waals surface area contributed by atoms with E-state index >= 15 is 0 Å². The van der Waals surface area contributed by atoms with Gasteiger partial charge in [0.05, 0.1) is 0 Å². The Morgan fingerprint density at radius 1 is 1.36 bits per heavy atom. The Bertz CT molecular complexity index is 210. The second-order valence-corrected chi connectivity index (χ2v) is 2.96. The quantitative estimate of drug-likeness (QED) is 0.361. The Kier molecular flexibility index (Phi) is 4.51. The van der Waals surface area contributed by atoms with Crippen molar-refractivity contribution in [2.45, 2.75) is 0 Å². The number of hydrogen-bond acceptors (Lipinski definition) is 4. The van der Waals surface area contributed by atoms with E-state index in [0.717, 1.165) is 6.26 Å². The molecule has 0 N–H and O–H groups in total. The predicted molar refractivity (Wildman–Crippen MR) is 32.2 cm³/mol. The van der Waals surface area contributed by atoms with Crippen LogP contribution in [0, 0.1) is 0 Å². The van der Waals surface area contributed by atoms with Crippen LogP contribution in [0.2, 0.25) is 0 Å². The normalized spacial score (nSPS) is 11.8. The highest BCUT2D eigenvalue weighted by Gasteiger charge is 2.04. The van der Waals surface area contributed by atoms with Gasteiger partial charge in [0.1, 0.15) is 18.6 Å². The Labute approximate surface area is 62.5 Å². The van der Waals surface area contributed by atoms with Crippen LogP contribution in [0.5, 0.6) is 0 Å². The average Bonchev–Trinajstić information content (AvgIpc) is 1.85. The van der Waals surface area contributed by atoms with Crippen molar-refractivity contribution in [3.63, 3.8) is 0 Å². The summed E-state index contributed by atoms with van der Waals surface area (Å²) in [6, 6.07) is 0. The van der Waals surface area contributed by atoms with Gasteiger partial charge in [0.25, 0.3) is 0 Å². The minimum Gasteiger partial charge on any atom is -0.497 e. The molecule has 0 amide bonds. The first kappa shape index (κ1) is 10.2. The summed E-state index contributed by atoms with van der Waals surface area (Å²) in [4.78, 5) is 2.93. The van der Waals surface area contributed by atoms with Crippen molar-refractivity contribution in [2.24, 2.45) is 0 Å². The maximum atomic E-state index is 11.7. The molecule has 0 unspecified atom stereocenters. The summed E-state index contributed by atoms with van der Waals surface area (Å²) in [6.07, 6.45) is 1.32. The van der Waals surface area contributed by atoms with Crippen LogP contribution < -0.4 is 0 Å². The first-order valence-corrected chi connectivity index (χ1v) is 4.08. The molecule has 0 spiro atoms. The van der Waals surface area contributed by atoms with Gasteiger partial charge in [-0.1, -0.05) is 0 Å². The monoisotopic (exact) mass is 188 g/mol. The highest BCUT2D eigenvalue weighted by Crippen LogP contribution is 1.90. The molecule has 0 radical (unpaired) electrons. The number of hydrogen-bond donors (Lipinski definition) is 0. The highest BCUT2D eigenvalue weighted by atomic mass is 32.3. The lowest BCUT2D eigenvalue weighted by atomic mass is 10.8. The molecule has 0 atom stereocenters. The molecule has 0 rings (SSSR count). The van der Waals surface area contributed by atoms with Crippen LogP contribution in [0.1, 0.15) is 0 Å². The van der Waals surface area contributed by atoms with E-state index in [-0.39, 0.29) is 6.61 Å². The van der Waals surface area contributed by atoms with Crippen LogP contribution in [0.3, 0.4) is 0 Å². The van der Waals surface area contributed by atoms with Crippen LogP contribution in [-0.4, -0.2) is 20.8 Å². The molecule has 0 aliphatic carbocycles. The Morgan fingerprint density at radius 3 is 2.45 bits per heavy atom. The van der Waals surface area contributed by atoms with E-state index in [9.17, 15) is 16.8 Å². The molecule has 0 saturated carbocycles. The summed E-state index contributed by atoms with van der Waals surface area (Å²) >= 11 is 0. The van der Waals surface area contributed by atoms with E-state index in [2.05, 4.69) is 9.68 Å². The molecular weight excluding hydrogens is 182 g/mol. The topological polar surface area (TPSA) is 52.6 Å². The van der Waals surface area contributed by atoms with Crippen molar-refractivity contribution in [1.29, 1.82) is 0 Å². The molecule has 0 aromatic heterocycles. The van der Waals surface area contributed by atoms with Gasteiger partial charge in [-0.2, -0.15) is 8.42 Å². The van der Waals surface area contributed by atoms with Gasteiger partial charge >= 0.3 is 10.2 Å². The summed E-state index contributed by atoms with van der Waals surface area (Å²) in [5, 5.41) is 0. The fourth-order valence-corrected chi connectivity index (χ4v) is 0.571. The lowest BCUT2D eigenvalue weighted by Gasteiger charge is -1.94. The molecule has 0 saturated heterocycles. The standard InChI is InChI=1S/C4H6F2O4S/c5-10-2-1-9-3-4-11(6,7)8/h1-2H,3-4H2. The molecule has 66 valence electrons.